The summed E-state index contributed by atoms with van der Waals surface area (Å²) in [4.78, 5) is 22.2. The topological polar surface area (TPSA) is 101 Å². The second-order valence-corrected chi connectivity index (χ2v) is 6.69. The van der Waals surface area contributed by atoms with E-state index in [-0.39, 0.29) is 21.3 Å². The minimum atomic E-state index is -3.48. The van der Waals surface area contributed by atoms with E-state index in [1.165, 1.54) is 0 Å². The molecule has 0 heterocycles. The molecule has 104 valence electrons. The molecule has 9 heteroatoms. The van der Waals surface area contributed by atoms with Crippen molar-refractivity contribution in [2.24, 2.45) is 0 Å². The van der Waals surface area contributed by atoms with Gasteiger partial charge in [0.2, 0.25) is 5.91 Å². The monoisotopic (exact) mass is 325 g/mol. The molecule has 1 aromatic rings. The summed E-state index contributed by atoms with van der Waals surface area (Å²) in [5.74, 6) is -2.76. The van der Waals surface area contributed by atoms with Gasteiger partial charge >= 0.3 is 5.97 Å². The molecule has 1 rings (SSSR count). The minimum Gasteiger partial charge on any atom is -0.478 e. The molecule has 1 aromatic carbocycles. The van der Waals surface area contributed by atoms with Crippen LogP contribution in [0, 0.1) is 0 Å². The first-order chi connectivity index (χ1) is 8.60. The van der Waals surface area contributed by atoms with Crippen molar-refractivity contribution < 1.29 is 23.1 Å². The Hall–Kier alpha value is -1.31. The fourth-order valence-electron chi connectivity index (χ4n) is 1.23. The predicted molar refractivity (Wildman–Crippen MR) is 71.8 cm³/mol. The molecular weight excluding hydrogens is 317 g/mol. The van der Waals surface area contributed by atoms with Crippen LogP contribution in [0.25, 0.3) is 0 Å². The van der Waals surface area contributed by atoms with Crippen LogP contribution in [0.15, 0.2) is 12.1 Å². The average molecular weight is 326 g/mol. The van der Waals surface area contributed by atoms with Gasteiger partial charge < -0.3 is 10.4 Å². The fraction of sp³-hybridized carbons (Fsp3) is 0.200. The number of nitrogens with one attached hydrogen (secondary N) is 1. The average Bonchev–Trinajstić information content (AvgIpc) is 2.20. The highest BCUT2D eigenvalue weighted by Crippen LogP contribution is 2.31. The van der Waals surface area contributed by atoms with Gasteiger partial charge in [-0.1, -0.05) is 23.2 Å². The van der Waals surface area contributed by atoms with E-state index in [9.17, 15) is 18.0 Å². The van der Waals surface area contributed by atoms with Crippen molar-refractivity contribution in [2.75, 3.05) is 17.3 Å². The summed E-state index contributed by atoms with van der Waals surface area (Å²) in [6, 6.07) is 2.21. The van der Waals surface area contributed by atoms with E-state index >= 15 is 0 Å². The SMILES string of the molecule is CS(=O)(=O)CC(=O)Nc1c(Cl)cc(C(=O)O)cc1Cl. The summed E-state index contributed by atoms with van der Waals surface area (Å²) in [5, 5.41) is 10.8. The molecule has 19 heavy (non-hydrogen) atoms. The van der Waals surface area contributed by atoms with Gasteiger partial charge in [-0.05, 0) is 12.1 Å². The Labute approximate surface area is 119 Å². The van der Waals surface area contributed by atoms with Gasteiger partial charge in [-0.3, -0.25) is 4.79 Å². The molecule has 2 N–H and O–H groups in total. The van der Waals surface area contributed by atoms with Crippen LogP contribution in [0.2, 0.25) is 10.0 Å². The number of rotatable bonds is 4. The second-order valence-electron chi connectivity index (χ2n) is 3.74. The van der Waals surface area contributed by atoms with Crippen molar-refractivity contribution in [1.29, 1.82) is 0 Å². The molecule has 0 aliphatic rings. The van der Waals surface area contributed by atoms with Crippen LogP contribution >= 0.6 is 23.2 Å². The summed E-state index contributed by atoms with van der Waals surface area (Å²) in [7, 11) is -3.48. The Bertz CT molecular complexity index is 618. The first-order valence-corrected chi connectivity index (χ1v) is 7.61. The first kappa shape index (κ1) is 15.7. The lowest BCUT2D eigenvalue weighted by Gasteiger charge is -2.09. The van der Waals surface area contributed by atoms with Gasteiger partial charge in [0.1, 0.15) is 5.75 Å². The molecule has 0 fully saturated rings. The lowest BCUT2D eigenvalue weighted by molar-refractivity contribution is -0.113. The summed E-state index contributed by atoms with van der Waals surface area (Å²) in [6.07, 6.45) is 0.906. The van der Waals surface area contributed by atoms with Gasteiger partial charge in [0.15, 0.2) is 9.84 Å². The van der Waals surface area contributed by atoms with Crippen molar-refractivity contribution in [3.05, 3.63) is 27.7 Å². The van der Waals surface area contributed by atoms with Gasteiger partial charge in [-0.15, -0.1) is 0 Å². The van der Waals surface area contributed by atoms with Gasteiger partial charge in [0.05, 0.1) is 21.3 Å². The number of aromatic carboxylic acids is 1. The van der Waals surface area contributed by atoms with Crippen LogP contribution in [-0.2, 0) is 14.6 Å². The number of anilines is 1. The van der Waals surface area contributed by atoms with Crippen molar-refractivity contribution in [3.63, 3.8) is 0 Å². The highest BCUT2D eigenvalue weighted by molar-refractivity contribution is 7.91. The number of benzene rings is 1. The van der Waals surface area contributed by atoms with Crippen molar-refractivity contribution >= 4 is 50.6 Å². The van der Waals surface area contributed by atoms with Crippen molar-refractivity contribution in [3.8, 4) is 0 Å². The van der Waals surface area contributed by atoms with Crippen LogP contribution in [0.3, 0.4) is 0 Å². The summed E-state index contributed by atoms with van der Waals surface area (Å²) >= 11 is 11.6. The molecule has 0 aliphatic heterocycles. The Kier molecular flexibility index (Phi) is 4.78. The van der Waals surface area contributed by atoms with E-state index in [1.54, 1.807) is 0 Å². The van der Waals surface area contributed by atoms with Gasteiger partial charge in [-0.25, -0.2) is 13.2 Å². The molecule has 0 aromatic heterocycles. The van der Waals surface area contributed by atoms with Gasteiger partial charge in [0, 0.05) is 6.26 Å². The van der Waals surface area contributed by atoms with E-state index in [1.807, 2.05) is 0 Å². The van der Waals surface area contributed by atoms with Gasteiger partial charge in [0.25, 0.3) is 0 Å². The molecule has 0 saturated heterocycles. The fourth-order valence-corrected chi connectivity index (χ4v) is 2.36. The first-order valence-electron chi connectivity index (χ1n) is 4.80. The van der Waals surface area contributed by atoms with Crippen molar-refractivity contribution in [2.45, 2.75) is 0 Å². The molecule has 0 spiro atoms. The third-order valence-electron chi connectivity index (χ3n) is 1.95. The van der Waals surface area contributed by atoms with Crippen LogP contribution in [0.4, 0.5) is 5.69 Å². The van der Waals surface area contributed by atoms with Crippen LogP contribution in [0.5, 0.6) is 0 Å². The quantitative estimate of drug-likeness (QED) is 0.877. The normalized spacial score (nSPS) is 11.1. The number of hydrogen-bond donors (Lipinski definition) is 2. The Morgan fingerprint density at radius 3 is 2.11 bits per heavy atom. The summed E-state index contributed by atoms with van der Waals surface area (Å²) < 4.78 is 21.9. The number of carboxylic acid groups (broad SMARTS) is 1. The maximum absolute atomic E-state index is 11.4. The number of carboxylic acids is 1. The van der Waals surface area contributed by atoms with Gasteiger partial charge in [-0.2, -0.15) is 0 Å². The number of carbonyl (C=O) groups excluding carboxylic acids is 1. The number of amides is 1. The molecular formula is C10H9Cl2NO5S. The van der Waals surface area contributed by atoms with Crippen LogP contribution in [-0.4, -0.2) is 37.4 Å². The lowest BCUT2D eigenvalue weighted by Crippen LogP contribution is -2.22. The summed E-state index contributed by atoms with van der Waals surface area (Å²) in [6.45, 7) is 0. The second kappa shape index (κ2) is 5.77. The molecule has 1 amide bonds. The molecule has 0 saturated carbocycles. The zero-order valence-electron chi connectivity index (χ0n) is 9.61. The molecule has 6 nitrogen and oxygen atoms in total. The molecule has 0 atom stereocenters. The Morgan fingerprint density at radius 2 is 1.74 bits per heavy atom. The van der Waals surface area contributed by atoms with E-state index < -0.39 is 27.5 Å². The highest BCUT2D eigenvalue weighted by atomic mass is 35.5. The van der Waals surface area contributed by atoms with Crippen LogP contribution < -0.4 is 5.32 Å². The Balaban J connectivity index is 3.03. The van der Waals surface area contributed by atoms with Crippen LogP contribution in [0.1, 0.15) is 10.4 Å². The molecule has 0 radical (unpaired) electrons. The standard InChI is InChI=1S/C10H9Cl2NO5S/c1-19(17,18)4-8(14)13-9-6(11)2-5(10(15)16)3-7(9)12/h2-3H,4H2,1H3,(H,13,14)(H,15,16). The van der Waals surface area contributed by atoms with E-state index in [0.29, 0.717) is 0 Å². The maximum Gasteiger partial charge on any atom is 0.335 e. The minimum absolute atomic E-state index is 0.0259. The largest absolute Gasteiger partial charge is 0.478 e. The number of hydrogen-bond acceptors (Lipinski definition) is 4. The lowest BCUT2D eigenvalue weighted by atomic mass is 10.2. The molecule has 0 bridgehead atoms. The third-order valence-corrected chi connectivity index (χ3v) is 3.33. The molecule has 0 aliphatic carbocycles. The number of halogens is 2. The summed E-state index contributed by atoms with van der Waals surface area (Å²) in [5.41, 5.74) is -0.168. The number of carbonyl (C=O) groups is 2. The van der Waals surface area contributed by atoms with E-state index in [0.717, 1.165) is 18.4 Å². The van der Waals surface area contributed by atoms with Crippen molar-refractivity contribution in [1.82, 2.24) is 0 Å². The highest BCUT2D eigenvalue weighted by Gasteiger charge is 2.16. The van der Waals surface area contributed by atoms with E-state index in [4.69, 9.17) is 28.3 Å². The zero-order valence-corrected chi connectivity index (χ0v) is 11.9. The zero-order chi connectivity index (χ0) is 14.8. The third kappa shape index (κ3) is 4.70. The predicted octanol–water partition coefficient (Wildman–Crippen LogP) is 1.67. The molecule has 0 unspecified atom stereocenters. The Morgan fingerprint density at radius 1 is 1.26 bits per heavy atom. The number of sulfone groups is 1. The van der Waals surface area contributed by atoms with E-state index in [2.05, 4.69) is 5.32 Å². The smallest absolute Gasteiger partial charge is 0.335 e. The maximum atomic E-state index is 11.4.